The minimum absolute atomic E-state index is 0.443. The normalized spacial score (nSPS) is 23.9. The van der Waals surface area contributed by atoms with Gasteiger partial charge in [-0.15, -0.1) is 0 Å². The van der Waals surface area contributed by atoms with Crippen LogP contribution in [-0.2, 0) is 11.3 Å². The third kappa shape index (κ3) is 2.87. The molecule has 1 heterocycles. The summed E-state index contributed by atoms with van der Waals surface area (Å²) in [5.41, 5.74) is 2.51. The van der Waals surface area contributed by atoms with Crippen molar-refractivity contribution in [2.45, 2.75) is 24.4 Å². The molecule has 0 N–H and O–H groups in total. The van der Waals surface area contributed by atoms with Crippen molar-refractivity contribution >= 4 is 27.7 Å². The van der Waals surface area contributed by atoms with Crippen LogP contribution >= 0.6 is 27.7 Å². The van der Waals surface area contributed by atoms with E-state index in [9.17, 15) is 0 Å². The first kappa shape index (κ1) is 13.0. The monoisotopic (exact) mass is 313 g/mol. The molecule has 0 fully saturated rings. The summed E-state index contributed by atoms with van der Waals surface area (Å²) < 4.78 is 5.36. The lowest BCUT2D eigenvalue weighted by Crippen LogP contribution is -2.38. The number of nitrogens with zero attached hydrogens (tertiary/aromatic N) is 1. The molecule has 0 radical (unpaired) electrons. The Morgan fingerprint density at radius 3 is 2.71 bits per heavy atom. The molecule has 0 amide bonds. The van der Waals surface area contributed by atoms with Gasteiger partial charge in [-0.25, -0.2) is 0 Å². The fourth-order valence-electron chi connectivity index (χ4n) is 1.77. The predicted octanol–water partition coefficient (Wildman–Crippen LogP) is 4.14. The van der Waals surface area contributed by atoms with Crippen LogP contribution in [0, 0.1) is 0 Å². The lowest BCUT2D eigenvalue weighted by atomic mass is 10.2. The quantitative estimate of drug-likeness (QED) is 0.612. The van der Waals surface area contributed by atoms with Crippen LogP contribution in [0.25, 0.3) is 0 Å². The number of alkyl halides is 1. The van der Waals surface area contributed by atoms with E-state index in [0.29, 0.717) is 6.61 Å². The zero-order chi connectivity index (χ0) is 12.3. The molecular formula is C13H16BrNOS. The average Bonchev–Trinajstić information content (AvgIpc) is 2.60. The molecule has 1 aromatic carbocycles. The highest BCUT2D eigenvalue weighted by molar-refractivity contribution is 9.11. The zero-order valence-electron chi connectivity index (χ0n) is 10.0. The van der Waals surface area contributed by atoms with E-state index in [4.69, 9.17) is 4.74 Å². The van der Waals surface area contributed by atoms with Gasteiger partial charge >= 0.3 is 0 Å². The van der Waals surface area contributed by atoms with E-state index in [1.165, 1.54) is 11.3 Å². The fraction of sp³-hybridized carbons (Fsp3) is 0.385. The Labute approximate surface area is 115 Å². The average molecular weight is 314 g/mol. The SMILES string of the molecule is CCOC1(Br)SC=C(C)N1Cc1ccccc1. The highest BCUT2D eigenvalue weighted by Crippen LogP contribution is 2.47. The lowest BCUT2D eigenvalue weighted by molar-refractivity contribution is 0.00548. The third-order valence-electron chi connectivity index (χ3n) is 2.63. The molecule has 0 saturated carbocycles. The van der Waals surface area contributed by atoms with E-state index < -0.39 is 3.97 Å². The number of thioether (sulfide) groups is 1. The van der Waals surface area contributed by atoms with Gasteiger partial charge in [0.15, 0.2) is 0 Å². The van der Waals surface area contributed by atoms with Gasteiger partial charge in [-0.05, 0) is 40.7 Å². The van der Waals surface area contributed by atoms with E-state index in [-0.39, 0.29) is 0 Å². The largest absolute Gasteiger partial charge is 0.338 e. The van der Waals surface area contributed by atoms with E-state index in [0.717, 1.165) is 6.54 Å². The Kier molecular flexibility index (Phi) is 4.17. The van der Waals surface area contributed by atoms with Crippen molar-refractivity contribution in [3.63, 3.8) is 0 Å². The van der Waals surface area contributed by atoms with E-state index in [1.807, 2.05) is 13.0 Å². The Bertz CT molecular complexity index is 409. The van der Waals surface area contributed by atoms with Crippen LogP contribution in [0.4, 0.5) is 0 Å². The molecule has 1 aliphatic rings. The van der Waals surface area contributed by atoms with Gasteiger partial charge in [-0.1, -0.05) is 42.1 Å². The molecule has 2 rings (SSSR count). The van der Waals surface area contributed by atoms with Gasteiger partial charge in [0, 0.05) is 18.8 Å². The van der Waals surface area contributed by atoms with Gasteiger partial charge < -0.3 is 9.64 Å². The summed E-state index contributed by atoms with van der Waals surface area (Å²) in [4.78, 5) is 2.23. The zero-order valence-corrected chi connectivity index (χ0v) is 12.4. The van der Waals surface area contributed by atoms with E-state index in [1.54, 1.807) is 11.8 Å². The minimum atomic E-state index is -0.443. The Morgan fingerprint density at radius 1 is 1.35 bits per heavy atom. The summed E-state index contributed by atoms with van der Waals surface area (Å²) in [6, 6.07) is 10.4. The van der Waals surface area contributed by atoms with Crippen LogP contribution in [0.1, 0.15) is 19.4 Å². The molecule has 2 nitrogen and oxygen atoms in total. The van der Waals surface area contributed by atoms with Crippen LogP contribution < -0.4 is 0 Å². The van der Waals surface area contributed by atoms with Gasteiger partial charge in [-0.2, -0.15) is 0 Å². The van der Waals surface area contributed by atoms with Crippen LogP contribution in [-0.4, -0.2) is 15.5 Å². The van der Waals surface area contributed by atoms with Gasteiger partial charge in [0.1, 0.15) is 0 Å². The summed E-state index contributed by atoms with van der Waals surface area (Å²) in [5, 5.41) is 2.13. The second kappa shape index (κ2) is 5.46. The van der Waals surface area contributed by atoms with Crippen molar-refractivity contribution in [1.29, 1.82) is 0 Å². The minimum Gasteiger partial charge on any atom is -0.338 e. The standard InChI is InChI=1S/C13H16BrNOS/c1-3-16-13(14)15(11(2)10-17-13)9-12-7-5-4-6-8-12/h4-8,10H,3,9H2,1-2H3. The topological polar surface area (TPSA) is 12.5 Å². The first-order valence-electron chi connectivity index (χ1n) is 5.65. The van der Waals surface area contributed by atoms with Gasteiger partial charge in [0.25, 0.3) is 3.97 Å². The fourth-order valence-corrected chi connectivity index (χ4v) is 3.65. The molecule has 1 aromatic rings. The second-order valence-corrected chi connectivity index (χ2v) is 6.51. The Hall–Kier alpha value is -0.450. The highest BCUT2D eigenvalue weighted by Gasteiger charge is 2.39. The van der Waals surface area contributed by atoms with Crippen LogP contribution in [0.15, 0.2) is 41.4 Å². The number of benzene rings is 1. The van der Waals surface area contributed by atoms with Crippen LogP contribution in [0.5, 0.6) is 0 Å². The molecule has 0 saturated heterocycles. The number of ether oxygens (including phenoxy) is 1. The molecule has 17 heavy (non-hydrogen) atoms. The van der Waals surface area contributed by atoms with Gasteiger partial charge in [-0.3, -0.25) is 0 Å². The van der Waals surface area contributed by atoms with Crippen molar-refractivity contribution in [3.8, 4) is 0 Å². The number of hydrogen-bond donors (Lipinski definition) is 0. The summed E-state index contributed by atoms with van der Waals surface area (Å²) in [5.74, 6) is 0. The number of halogens is 1. The molecule has 0 bridgehead atoms. The molecular weight excluding hydrogens is 298 g/mol. The lowest BCUT2D eigenvalue weighted by Gasteiger charge is -2.34. The summed E-state index contributed by atoms with van der Waals surface area (Å²) in [6.07, 6.45) is 0. The maximum Gasteiger partial charge on any atom is 0.252 e. The molecule has 0 spiro atoms. The van der Waals surface area contributed by atoms with Crippen LogP contribution in [0.3, 0.4) is 0 Å². The number of hydrogen-bond acceptors (Lipinski definition) is 3. The van der Waals surface area contributed by atoms with E-state index >= 15 is 0 Å². The summed E-state index contributed by atoms with van der Waals surface area (Å²) in [6.45, 7) is 5.65. The molecule has 0 aliphatic carbocycles. The number of rotatable bonds is 4. The summed E-state index contributed by atoms with van der Waals surface area (Å²) >= 11 is 5.35. The predicted molar refractivity (Wildman–Crippen MR) is 76.6 cm³/mol. The molecule has 1 atom stereocenters. The Morgan fingerprint density at radius 2 is 2.06 bits per heavy atom. The van der Waals surface area contributed by atoms with Crippen molar-refractivity contribution in [2.75, 3.05) is 6.61 Å². The number of allylic oxidation sites excluding steroid dienone is 1. The van der Waals surface area contributed by atoms with Gasteiger partial charge in [0.05, 0.1) is 0 Å². The first-order chi connectivity index (χ1) is 8.15. The Balaban J connectivity index is 2.15. The maximum absolute atomic E-state index is 5.80. The van der Waals surface area contributed by atoms with Crippen molar-refractivity contribution in [2.24, 2.45) is 0 Å². The van der Waals surface area contributed by atoms with E-state index in [2.05, 4.69) is 57.4 Å². The molecule has 1 unspecified atom stereocenters. The first-order valence-corrected chi connectivity index (χ1v) is 7.32. The smallest absolute Gasteiger partial charge is 0.252 e. The van der Waals surface area contributed by atoms with Gasteiger partial charge in [0.2, 0.25) is 0 Å². The van der Waals surface area contributed by atoms with Crippen molar-refractivity contribution < 1.29 is 4.74 Å². The molecule has 4 heteroatoms. The highest BCUT2D eigenvalue weighted by atomic mass is 79.9. The molecule has 1 aliphatic heterocycles. The van der Waals surface area contributed by atoms with Crippen LogP contribution in [0.2, 0.25) is 0 Å². The van der Waals surface area contributed by atoms with Crippen molar-refractivity contribution in [1.82, 2.24) is 4.90 Å². The molecule has 0 aromatic heterocycles. The molecule has 92 valence electrons. The maximum atomic E-state index is 5.80. The third-order valence-corrected chi connectivity index (χ3v) is 4.93. The van der Waals surface area contributed by atoms with Crippen molar-refractivity contribution in [3.05, 3.63) is 47.0 Å². The summed E-state index contributed by atoms with van der Waals surface area (Å²) in [7, 11) is 0. The second-order valence-electron chi connectivity index (χ2n) is 3.89.